The van der Waals surface area contributed by atoms with Crippen molar-refractivity contribution >= 4 is 34.3 Å². The van der Waals surface area contributed by atoms with Gasteiger partial charge in [-0.1, -0.05) is 11.6 Å². The first-order valence-electron chi connectivity index (χ1n) is 9.36. The van der Waals surface area contributed by atoms with Gasteiger partial charge in [0, 0.05) is 16.8 Å². The molecule has 1 aromatic heterocycles. The van der Waals surface area contributed by atoms with Gasteiger partial charge in [0.05, 0.1) is 18.7 Å². The average molecular weight is 423 g/mol. The second-order valence-corrected chi connectivity index (χ2v) is 6.87. The monoisotopic (exact) mass is 422 g/mol. The van der Waals surface area contributed by atoms with E-state index in [2.05, 4.69) is 10.3 Å². The maximum absolute atomic E-state index is 12.6. The van der Waals surface area contributed by atoms with Crippen LogP contribution in [0.4, 0.5) is 5.69 Å². The molecule has 3 aromatic carbocycles. The van der Waals surface area contributed by atoms with Crippen molar-refractivity contribution in [1.29, 1.82) is 0 Å². The summed E-state index contributed by atoms with van der Waals surface area (Å²) in [4.78, 5) is 17.1. The Balaban J connectivity index is 1.54. The van der Waals surface area contributed by atoms with Gasteiger partial charge < -0.3 is 19.2 Å². The van der Waals surface area contributed by atoms with E-state index in [9.17, 15) is 4.79 Å². The molecule has 0 atom stereocenters. The normalized spacial score (nSPS) is 10.8. The molecule has 0 saturated heterocycles. The first kappa shape index (κ1) is 19.8. The van der Waals surface area contributed by atoms with Crippen molar-refractivity contribution in [2.24, 2.45) is 0 Å². The molecule has 1 heterocycles. The van der Waals surface area contributed by atoms with Crippen LogP contribution in [0.2, 0.25) is 5.02 Å². The minimum atomic E-state index is -0.279. The second-order valence-electron chi connectivity index (χ2n) is 6.46. The third-order valence-corrected chi connectivity index (χ3v) is 4.77. The zero-order chi connectivity index (χ0) is 21.1. The van der Waals surface area contributed by atoms with Gasteiger partial charge in [0.2, 0.25) is 5.89 Å². The quantitative estimate of drug-likeness (QED) is 0.424. The van der Waals surface area contributed by atoms with E-state index >= 15 is 0 Å². The van der Waals surface area contributed by atoms with Crippen LogP contribution in [0.1, 0.15) is 17.3 Å². The number of rotatable bonds is 6. The summed E-state index contributed by atoms with van der Waals surface area (Å²) in [5.41, 5.74) is 3.14. The molecule has 1 N–H and O–H groups in total. The number of nitrogens with zero attached hydrogens (tertiary/aromatic N) is 1. The van der Waals surface area contributed by atoms with Crippen molar-refractivity contribution in [2.75, 3.05) is 19.0 Å². The number of halogens is 1. The molecule has 0 saturated carbocycles. The predicted molar refractivity (Wildman–Crippen MR) is 117 cm³/mol. The predicted octanol–water partition coefficient (Wildman–Crippen LogP) is 5.81. The molecule has 0 aliphatic carbocycles. The van der Waals surface area contributed by atoms with Gasteiger partial charge >= 0.3 is 0 Å². The Morgan fingerprint density at radius 2 is 1.90 bits per heavy atom. The highest BCUT2D eigenvalue weighted by molar-refractivity contribution is 6.32. The van der Waals surface area contributed by atoms with Gasteiger partial charge in [-0.3, -0.25) is 4.79 Å². The smallest absolute Gasteiger partial charge is 0.255 e. The third kappa shape index (κ3) is 4.09. The lowest BCUT2D eigenvalue weighted by molar-refractivity contribution is 0.102. The molecule has 0 radical (unpaired) electrons. The van der Waals surface area contributed by atoms with E-state index in [1.165, 1.54) is 0 Å². The first-order valence-corrected chi connectivity index (χ1v) is 9.74. The molecule has 7 heteroatoms. The van der Waals surface area contributed by atoms with Crippen LogP contribution >= 0.6 is 11.6 Å². The summed E-state index contributed by atoms with van der Waals surface area (Å²) < 4.78 is 16.4. The molecule has 0 unspecified atom stereocenters. The molecular formula is C23H19ClN2O4. The number of methoxy groups -OCH3 is 1. The molecule has 0 aliphatic rings. The molecule has 4 aromatic rings. The van der Waals surface area contributed by atoms with Crippen molar-refractivity contribution < 1.29 is 18.7 Å². The molecule has 1 amide bonds. The number of hydrogen-bond acceptors (Lipinski definition) is 5. The number of carbonyl (C=O) groups excluding carboxylic acids is 1. The fourth-order valence-electron chi connectivity index (χ4n) is 2.98. The maximum atomic E-state index is 12.6. The van der Waals surface area contributed by atoms with Crippen LogP contribution in [0.5, 0.6) is 11.5 Å². The van der Waals surface area contributed by atoms with Gasteiger partial charge in [-0.25, -0.2) is 4.98 Å². The highest BCUT2D eigenvalue weighted by Gasteiger charge is 2.12. The largest absolute Gasteiger partial charge is 0.497 e. The van der Waals surface area contributed by atoms with Crippen LogP contribution in [0.25, 0.3) is 22.6 Å². The highest BCUT2D eigenvalue weighted by atomic mass is 35.5. The van der Waals surface area contributed by atoms with E-state index in [4.69, 9.17) is 25.5 Å². The van der Waals surface area contributed by atoms with E-state index in [-0.39, 0.29) is 5.91 Å². The summed E-state index contributed by atoms with van der Waals surface area (Å²) in [5.74, 6) is 1.52. The SMILES string of the molecule is CCOc1ccc(C(=O)Nc2ccc3oc(-c4ccc(OC)cc4)nc3c2)cc1Cl. The number of anilines is 1. The van der Waals surface area contributed by atoms with Crippen molar-refractivity contribution in [3.8, 4) is 23.0 Å². The molecule has 152 valence electrons. The number of nitrogens with one attached hydrogen (secondary N) is 1. The van der Waals surface area contributed by atoms with E-state index < -0.39 is 0 Å². The maximum Gasteiger partial charge on any atom is 0.255 e. The zero-order valence-electron chi connectivity index (χ0n) is 16.4. The Bertz CT molecular complexity index is 1200. The Morgan fingerprint density at radius 1 is 1.10 bits per heavy atom. The Morgan fingerprint density at radius 3 is 2.60 bits per heavy atom. The van der Waals surface area contributed by atoms with E-state index in [0.29, 0.717) is 45.6 Å². The highest BCUT2D eigenvalue weighted by Crippen LogP contribution is 2.28. The van der Waals surface area contributed by atoms with Gasteiger partial charge in [0.1, 0.15) is 17.0 Å². The lowest BCUT2D eigenvalue weighted by atomic mass is 10.2. The van der Waals surface area contributed by atoms with Crippen molar-refractivity contribution in [2.45, 2.75) is 6.92 Å². The van der Waals surface area contributed by atoms with Gasteiger partial charge in [-0.05, 0) is 67.6 Å². The molecular weight excluding hydrogens is 404 g/mol. The number of ether oxygens (including phenoxy) is 2. The number of oxazole rings is 1. The number of aromatic nitrogens is 1. The summed E-state index contributed by atoms with van der Waals surface area (Å²) >= 11 is 6.18. The molecule has 0 spiro atoms. The van der Waals surface area contributed by atoms with Crippen LogP contribution in [-0.2, 0) is 0 Å². The zero-order valence-corrected chi connectivity index (χ0v) is 17.2. The van der Waals surface area contributed by atoms with Crippen LogP contribution < -0.4 is 14.8 Å². The van der Waals surface area contributed by atoms with Crippen LogP contribution in [0, 0.1) is 0 Å². The lowest BCUT2D eigenvalue weighted by Crippen LogP contribution is -2.11. The molecule has 30 heavy (non-hydrogen) atoms. The van der Waals surface area contributed by atoms with E-state index in [1.54, 1.807) is 43.5 Å². The van der Waals surface area contributed by atoms with Gasteiger partial charge in [0.25, 0.3) is 5.91 Å². The fraction of sp³-hybridized carbons (Fsp3) is 0.130. The Kier molecular flexibility index (Phi) is 5.59. The van der Waals surface area contributed by atoms with Gasteiger partial charge in [-0.2, -0.15) is 0 Å². The van der Waals surface area contributed by atoms with Gasteiger partial charge in [0.15, 0.2) is 5.58 Å². The molecule has 0 fully saturated rings. The Hall–Kier alpha value is -3.51. The molecule has 6 nitrogen and oxygen atoms in total. The summed E-state index contributed by atoms with van der Waals surface area (Å²) in [7, 11) is 1.62. The summed E-state index contributed by atoms with van der Waals surface area (Å²) in [6.07, 6.45) is 0. The summed E-state index contributed by atoms with van der Waals surface area (Å²) in [6, 6.07) is 17.7. The summed E-state index contributed by atoms with van der Waals surface area (Å²) in [5, 5.41) is 3.25. The summed E-state index contributed by atoms with van der Waals surface area (Å²) in [6.45, 7) is 2.37. The van der Waals surface area contributed by atoms with Crippen LogP contribution in [0.15, 0.2) is 65.1 Å². The standard InChI is InChI=1S/C23H19ClN2O4/c1-3-29-20-10-6-15(12-18(20)24)22(27)25-16-7-11-21-19(13-16)26-23(30-21)14-4-8-17(28-2)9-5-14/h4-13H,3H2,1-2H3,(H,25,27). The van der Waals surface area contributed by atoms with Crippen molar-refractivity contribution in [3.05, 3.63) is 71.2 Å². The average Bonchev–Trinajstić information content (AvgIpc) is 3.18. The van der Waals surface area contributed by atoms with Crippen molar-refractivity contribution in [1.82, 2.24) is 4.98 Å². The van der Waals surface area contributed by atoms with Crippen LogP contribution in [0.3, 0.4) is 0 Å². The minimum absolute atomic E-state index is 0.279. The van der Waals surface area contributed by atoms with Gasteiger partial charge in [-0.15, -0.1) is 0 Å². The fourth-order valence-corrected chi connectivity index (χ4v) is 3.22. The Labute approximate surface area is 178 Å². The van der Waals surface area contributed by atoms with E-state index in [0.717, 1.165) is 11.3 Å². The topological polar surface area (TPSA) is 73.6 Å². The number of benzene rings is 3. The van der Waals surface area contributed by atoms with E-state index in [1.807, 2.05) is 31.2 Å². The number of hydrogen-bond donors (Lipinski definition) is 1. The lowest BCUT2D eigenvalue weighted by Gasteiger charge is -2.08. The molecule has 4 rings (SSSR count). The number of carbonyl (C=O) groups is 1. The number of amides is 1. The second kappa shape index (κ2) is 8.47. The number of fused-ring (bicyclic) bond motifs is 1. The van der Waals surface area contributed by atoms with Crippen molar-refractivity contribution in [3.63, 3.8) is 0 Å². The third-order valence-electron chi connectivity index (χ3n) is 4.48. The first-order chi connectivity index (χ1) is 14.6. The molecule has 0 bridgehead atoms. The molecule has 0 aliphatic heterocycles. The minimum Gasteiger partial charge on any atom is -0.497 e. The van der Waals surface area contributed by atoms with Crippen LogP contribution in [-0.4, -0.2) is 24.6 Å².